The third-order valence-electron chi connectivity index (χ3n) is 1.98. The highest BCUT2D eigenvalue weighted by Gasteiger charge is 2.03. The van der Waals surface area contributed by atoms with E-state index in [2.05, 4.69) is 10.1 Å². The van der Waals surface area contributed by atoms with E-state index in [9.17, 15) is 17.6 Å². The van der Waals surface area contributed by atoms with Crippen molar-refractivity contribution >= 4 is 0 Å². The van der Waals surface area contributed by atoms with E-state index in [0.717, 1.165) is 12.1 Å². The fourth-order valence-corrected chi connectivity index (χ4v) is 1.20. The second-order valence-corrected chi connectivity index (χ2v) is 3.39. The molecule has 96 valence electrons. The van der Waals surface area contributed by atoms with Gasteiger partial charge in [-0.1, -0.05) is 6.07 Å². The first-order valence-electron chi connectivity index (χ1n) is 5.10. The summed E-state index contributed by atoms with van der Waals surface area (Å²) in [7, 11) is 0. The SMILES string of the molecule is Fc1ccc(CNCCOCC(F)F)cc1F. The smallest absolute Gasteiger partial charge is 0.261 e. The van der Waals surface area contributed by atoms with E-state index in [4.69, 9.17) is 0 Å². The summed E-state index contributed by atoms with van der Waals surface area (Å²) in [6.07, 6.45) is -2.47. The Morgan fingerprint density at radius 2 is 1.94 bits per heavy atom. The van der Waals surface area contributed by atoms with Crippen molar-refractivity contribution in [1.29, 1.82) is 0 Å². The molecule has 0 atom stereocenters. The number of ether oxygens (including phenoxy) is 1. The maximum atomic E-state index is 12.8. The molecule has 0 aliphatic heterocycles. The highest BCUT2D eigenvalue weighted by atomic mass is 19.3. The highest BCUT2D eigenvalue weighted by molar-refractivity contribution is 5.17. The van der Waals surface area contributed by atoms with Crippen LogP contribution in [0, 0.1) is 11.6 Å². The van der Waals surface area contributed by atoms with E-state index in [-0.39, 0.29) is 6.61 Å². The molecular weight excluding hydrogens is 238 g/mol. The van der Waals surface area contributed by atoms with Crippen LogP contribution in [0.25, 0.3) is 0 Å². The van der Waals surface area contributed by atoms with Gasteiger partial charge in [0.1, 0.15) is 6.61 Å². The third kappa shape index (κ3) is 5.65. The van der Waals surface area contributed by atoms with Crippen LogP contribution in [0.1, 0.15) is 5.56 Å². The van der Waals surface area contributed by atoms with Gasteiger partial charge >= 0.3 is 0 Å². The fourth-order valence-electron chi connectivity index (χ4n) is 1.20. The van der Waals surface area contributed by atoms with Gasteiger partial charge in [0, 0.05) is 13.1 Å². The standard InChI is InChI=1S/C11H13F4NO/c12-9-2-1-8(5-10(9)13)6-16-3-4-17-7-11(14)15/h1-2,5,11,16H,3-4,6-7H2. The van der Waals surface area contributed by atoms with Crippen molar-refractivity contribution in [3.63, 3.8) is 0 Å². The van der Waals surface area contributed by atoms with Gasteiger partial charge in [0.25, 0.3) is 6.43 Å². The predicted octanol–water partition coefficient (Wildman–Crippen LogP) is 2.34. The summed E-state index contributed by atoms with van der Waals surface area (Å²) in [5, 5.41) is 2.86. The van der Waals surface area contributed by atoms with Crippen molar-refractivity contribution in [2.75, 3.05) is 19.8 Å². The first kappa shape index (κ1) is 13.9. The van der Waals surface area contributed by atoms with Crippen molar-refractivity contribution in [2.24, 2.45) is 0 Å². The molecular formula is C11H13F4NO. The van der Waals surface area contributed by atoms with E-state index < -0.39 is 24.7 Å². The van der Waals surface area contributed by atoms with Crippen molar-refractivity contribution in [3.8, 4) is 0 Å². The summed E-state index contributed by atoms with van der Waals surface area (Å²) in [5.74, 6) is -1.80. The van der Waals surface area contributed by atoms with Gasteiger partial charge < -0.3 is 10.1 Å². The molecule has 1 rings (SSSR count). The largest absolute Gasteiger partial charge is 0.374 e. The van der Waals surface area contributed by atoms with Gasteiger partial charge in [-0.3, -0.25) is 0 Å². The fraction of sp³-hybridized carbons (Fsp3) is 0.455. The number of halogens is 4. The maximum absolute atomic E-state index is 12.8. The Morgan fingerprint density at radius 3 is 2.59 bits per heavy atom. The zero-order valence-corrected chi connectivity index (χ0v) is 9.06. The zero-order valence-electron chi connectivity index (χ0n) is 9.06. The van der Waals surface area contributed by atoms with Crippen LogP contribution in [0.5, 0.6) is 0 Å². The summed E-state index contributed by atoms with van der Waals surface area (Å²) in [5.41, 5.74) is 0.581. The van der Waals surface area contributed by atoms with E-state index in [1.165, 1.54) is 6.07 Å². The second kappa shape index (κ2) is 7.24. The lowest BCUT2D eigenvalue weighted by Crippen LogP contribution is -2.20. The van der Waals surface area contributed by atoms with Crippen molar-refractivity contribution in [2.45, 2.75) is 13.0 Å². The molecule has 0 unspecified atom stereocenters. The van der Waals surface area contributed by atoms with Gasteiger partial charge in [-0.05, 0) is 17.7 Å². The van der Waals surface area contributed by atoms with Crippen molar-refractivity contribution < 1.29 is 22.3 Å². The molecule has 0 aliphatic rings. The molecule has 2 nitrogen and oxygen atoms in total. The molecule has 0 saturated carbocycles. The second-order valence-electron chi connectivity index (χ2n) is 3.39. The van der Waals surface area contributed by atoms with Gasteiger partial charge in [-0.25, -0.2) is 17.6 Å². The average molecular weight is 251 g/mol. The third-order valence-corrected chi connectivity index (χ3v) is 1.98. The number of benzene rings is 1. The minimum atomic E-state index is -2.47. The lowest BCUT2D eigenvalue weighted by Gasteiger charge is -2.06. The molecule has 0 spiro atoms. The molecule has 0 aliphatic carbocycles. The minimum absolute atomic E-state index is 0.147. The van der Waals surface area contributed by atoms with Gasteiger partial charge in [0.2, 0.25) is 0 Å². The average Bonchev–Trinajstić information content (AvgIpc) is 2.27. The molecule has 0 saturated heterocycles. The van der Waals surface area contributed by atoms with E-state index in [1.807, 2.05) is 0 Å². The quantitative estimate of drug-likeness (QED) is 0.593. The Kier molecular flexibility index (Phi) is 5.93. The first-order chi connectivity index (χ1) is 8.09. The molecule has 1 aromatic rings. The number of hydrogen-bond acceptors (Lipinski definition) is 2. The number of rotatable bonds is 7. The number of nitrogens with one attached hydrogen (secondary N) is 1. The lowest BCUT2D eigenvalue weighted by molar-refractivity contribution is 0.0187. The molecule has 0 aromatic heterocycles. The summed E-state index contributed by atoms with van der Waals surface area (Å²) < 4.78 is 53.3. The molecule has 0 heterocycles. The van der Waals surface area contributed by atoms with Crippen LogP contribution in [0.3, 0.4) is 0 Å². The summed E-state index contributed by atoms with van der Waals surface area (Å²) in [4.78, 5) is 0. The van der Waals surface area contributed by atoms with E-state index >= 15 is 0 Å². The monoisotopic (exact) mass is 251 g/mol. The Bertz CT molecular complexity index is 346. The normalized spacial score (nSPS) is 11.1. The van der Waals surface area contributed by atoms with Crippen LogP contribution >= 0.6 is 0 Å². The molecule has 0 amide bonds. The zero-order chi connectivity index (χ0) is 12.7. The van der Waals surface area contributed by atoms with Gasteiger partial charge in [-0.15, -0.1) is 0 Å². The van der Waals surface area contributed by atoms with Crippen LogP contribution in [0.4, 0.5) is 17.6 Å². The summed E-state index contributed by atoms with van der Waals surface area (Å²) in [6.45, 7) is 0.252. The minimum Gasteiger partial charge on any atom is -0.374 e. The van der Waals surface area contributed by atoms with Crippen LogP contribution in [-0.2, 0) is 11.3 Å². The number of alkyl halides is 2. The van der Waals surface area contributed by atoms with Gasteiger partial charge in [0.15, 0.2) is 11.6 Å². The molecule has 0 radical (unpaired) electrons. The molecule has 0 fully saturated rings. The van der Waals surface area contributed by atoms with Gasteiger partial charge in [0.05, 0.1) is 6.61 Å². The van der Waals surface area contributed by atoms with Crippen LogP contribution in [-0.4, -0.2) is 26.2 Å². The van der Waals surface area contributed by atoms with Crippen molar-refractivity contribution in [3.05, 3.63) is 35.4 Å². The lowest BCUT2D eigenvalue weighted by atomic mass is 10.2. The van der Waals surface area contributed by atoms with Crippen LogP contribution in [0.2, 0.25) is 0 Å². The molecule has 1 N–H and O–H groups in total. The number of hydrogen-bond donors (Lipinski definition) is 1. The van der Waals surface area contributed by atoms with E-state index in [1.54, 1.807) is 0 Å². The van der Waals surface area contributed by atoms with Gasteiger partial charge in [-0.2, -0.15) is 0 Å². The summed E-state index contributed by atoms with van der Waals surface area (Å²) >= 11 is 0. The summed E-state index contributed by atoms with van der Waals surface area (Å²) in [6, 6.07) is 3.58. The van der Waals surface area contributed by atoms with Crippen LogP contribution in [0.15, 0.2) is 18.2 Å². The molecule has 6 heteroatoms. The molecule has 17 heavy (non-hydrogen) atoms. The highest BCUT2D eigenvalue weighted by Crippen LogP contribution is 2.08. The predicted molar refractivity (Wildman–Crippen MR) is 54.9 cm³/mol. The molecule has 0 bridgehead atoms. The Morgan fingerprint density at radius 1 is 1.18 bits per heavy atom. The Hall–Kier alpha value is -1.14. The Labute approximate surface area is 96.6 Å². The maximum Gasteiger partial charge on any atom is 0.261 e. The van der Waals surface area contributed by atoms with Crippen LogP contribution < -0.4 is 5.32 Å². The molecule has 1 aromatic carbocycles. The first-order valence-corrected chi connectivity index (χ1v) is 5.10. The topological polar surface area (TPSA) is 21.3 Å². The van der Waals surface area contributed by atoms with Crippen molar-refractivity contribution in [1.82, 2.24) is 5.32 Å². The van der Waals surface area contributed by atoms with E-state index in [0.29, 0.717) is 18.7 Å². The Balaban J connectivity index is 2.16.